The topological polar surface area (TPSA) is 57.4 Å². The summed E-state index contributed by atoms with van der Waals surface area (Å²) in [4.78, 5) is 4.22. The number of aryl methyl sites for hydroxylation is 1. The molecule has 0 spiro atoms. The maximum atomic E-state index is 13.5. The van der Waals surface area contributed by atoms with Gasteiger partial charge >= 0.3 is 0 Å². The normalized spacial score (nSPS) is 10.4. The number of aromatic nitrogens is 1. The van der Waals surface area contributed by atoms with E-state index < -0.39 is 11.6 Å². The number of rotatable bonds is 4. The van der Waals surface area contributed by atoms with Crippen molar-refractivity contribution in [3.05, 3.63) is 47.3 Å². The minimum atomic E-state index is -0.726. The third-order valence-electron chi connectivity index (χ3n) is 2.64. The van der Waals surface area contributed by atoms with E-state index in [1.54, 1.807) is 19.1 Å². The van der Waals surface area contributed by atoms with Gasteiger partial charge in [-0.15, -0.1) is 0 Å². The summed E-state index contributed by atoms with van der Waals surface area (Å²) in [5.74, 6) is -1.03. The van der Waals surface area contributed by atoms with Crippen LogP contribution in [0.4, 0.5) is 14.5 Å². The highest BCUT2D eigenvalue weighted by Gasteiger charge is 2.10. The van der Waals surface area contributed by atoms with Crippen molar-refractivity contribution in [3.8, 4) is 11.5 Å². The molecule has 2 N–H and O–H groups in total. The summed E-state index contributed by atoms with van der Waals surface area (Å²) in [6, 6.07) is 5.22. The minimum Gasteiger partial charge on any atom is -0.497 e. The van der Waals surface area contributed by atoms with E-state index in [9.17, 15) is 8.78 Å². The van der Waals surface area contributed by atoms with Crippen molar-refractivity contribution < 1.29 is 18.3 Å². The molecule has 106 valence electrons. The molecule has 0 saturated carbocycles. The number of anilines is 1. The van der Waals surface area contributed by atoms with Gasteiger partial charge in [0.05, 0.1) is 18.5 Å². The van der Waals surface area contributed by atoms with Crippen LogP contribution < -0.4 is 15.2 Å². The minimum absolute atomic E-state index is 0.00167. The number of pyridine rings is 1. The van der Waals surface area contributed by atoms with Crippen LogP contribution in [0.2, 0.25) is 0 Å². The SMILES string of the molecule is COc1cc(C)nc(COc2cc(F)c(N)cc2F)c1. The second-order valence-corrected chi connectivity index (χ2v) is 4.23. The zero-order valence-electron chi connectivity index (χ0n) is 11.1. The molecule has 20 heavy (non-hydrogen) atoms. The molecule has 1 aromatic heterocycles. The van der Waals surface area contributed by atoms with Crippen molar-refractivity contribution in [2.24, 2.45) is 0 Å². The van der Waals surface area contributed by atoms with Gasteiger partial charge in [-0.2, -0.15) is 0 Å². The first-order valence-corrected chi connectivity index (χ1v) is 5.88. The lowest BCUT2D eigenvalue weighted by Crippen LogP contribution is -2.03. The molecule has 0 aliphatic heterocycles. The Bertz CT molecular complexity index is 633. The van der Waals surface area contributed by atoms with Gasteiger partial charge in [0.15, 0.2) is 11.6 Å². The lowest BCUT2D eigenvalue weighted by Gasteiger charge is -2.09. The first kappa shape index (κ1) is 14.0. The number of benzene rings is 1. The molecule has 0 fully saturated rings. The highest BCUT2D eigenvalue weighted by atomic mass is 19.1. The smallest absolute Gasteiger partial charge is 0.167 e. The van der Waals surface area contributed by atoms with E-state index in [1.807, 2.05) is 0 Å². The molecule has 1 heterocycles. The van der Waals surface area contributed by atoms with Gasteiger partial charge in [-0.1, -0.05) is 0 Å². The molecular formula is C14H14F2N2O2. The summed E-state index contributed by atoms with van der Waals surface area (Å²) in [6.07, 6.45) is 0. The van der Waals surface area contributed by atoms with E-state index in [0.717, 1.165) is 17.8 Å². The van der Waals surface area contributed by atoms with E-state index >= 15 is 0 Å². The third kappa shape index (κ3) is 3.14. The van der Waals surface area contributed by atoms with E-state index in [2.05, 4.69) is 4.98 Å². The van der Waals surface area contributed by atoms with Crippen molar-refractivity contribution in [3.63, 3.8) is 0 Å². The van der Waals surface area contributed by atoms with Crippen molar-refractivity contribution in [2.45, 2.75) is 13.5 Å². The zero-order chi connectivity index (χ0) is 14.7. The number of hydrogen-bond acceptors (Lipinski definition) is 4. The Morgan fingerprint density at radius 3 is 2.60 bits per heavy atom. The van der Waals surface area contributed by atoms with Crippen LogP contribution in [0.3, 0.4) is 0 Å². The molecule has 4 nitrogen and oxygen atoms in total. The zero-order valence-corrected chi connectivity index (χ0v) is 11.1. The maximum absolute atomic E-state index is 13.5. The summed E-state index contributed by atoms with van der Waals surface area (Å²) >= 11 is 0. The molecule has 0 atom stereocenters. The van der Waals surface area contributed by atoms with Crippen LogP contribution in [-0.4, -0.2) is 12.1 Å². The number of hydrogen-bond donors (Lipinski definition) is 1. The van der Waals surface area contributed by atoms with Gasteiger partial charge in [-0.3, -0.25) is 4.98 Å². The molecule has 2 aromatic rings. The fourth-order valence-corrected chi connectivity index (χ4v) is 1.70. The van der Waals surface area contributed by atoms with Gasteiger partial charge in [-0.25, -0.2) is 8.78 Å². The van der Waals surface area contributed by atoms with Gasteiger partial charge in [0.25, 0.3) is 0 Å². The number of nitrogens with zero attached hydrogens (tertiary/aromatic N) is 1. The molecule has 0 bridgehead atoms. The summed E-state index contributed by atoms with van der Waals surface area (Å²) in [6.45, 7) is 1.80. The van der Waals surface area contributed by atoms with Crippen LogP contribution in [0.15, 0.2) is 24.3 Å². The molecule has 0 aliphatic carbocycles. The van der Waals surface area contributed by atoms with E-state index in [0.29, 0.717) is 11.4 Å². The van der Waals surface area contributed by atoms with Crippen LogP contribution in [0.1, 0.15) is 11.4 Å². The number of ether oxygens (including phenoxy) is 2. The average molecular weight is 280 g/mol. The van der Waals surface area contributed by atoms with Gasteiger partial charge in [0.2, 0.25) is 0 Å². The monoisotopic (exact) mass is 280 g/mol. The van der Waals surface area contributed by atoms with E-state index in [1.165, 1.54) is 7.11 Å². The highest BCUT2D eigenvalue weighted by molar-refractivity contribution is 5.44. The van der Waals surface area contributed by atoms with Gasteiger partial charge in [0, 0.05) is 30.0 Å². The number of methoxy groups -OCH3 is 1. The first-order valence-electron chi connectivity index (χ1n) is 5.88. The fourth-order valence-electron chi connectivity index (χ4n) is 1.70. The quantitative estimate of drug-likeness (QED) is 0.875. The second-order valence-electron chi connectivity index (χ2n) is 4.23. The standard InChI is InChI=1S/C14H14F2N2O2/c1-8-3-10(19-2)4-9(18-8)7-20-14-6-11(15)13(17)5-12(14)16/h3-6H,7,17H2,1-2H3. The Morgan fingerprint density at radius 1 is 1.15 bits per heavy atom. The molecule has 0 amide bonds. The van der Waals surface area contributed by atoms with Gasteiger partial charge in [-0.05, 0) is 6.92 Å². The van der Waals surface area contributed by atoms with Gasteiger partial charge in [0.1, 0.15) is 18.2 Å². The van der Waals surface area contributed by atoms with Crippen molar-refractivity contribution in [1.82, 2.24) is 4.98 Å². The molecule has 6 heteroatoms. The molecule has 0 radical (unpaired) electrons. The summed E-state index contributed by atoms with van der Waals surface area (Å²) < 4.78 is 37.1. The number of nitrogens with two attached hydrogens (primary N) is 1. The van der Waals surface area contributed by atoms with Crippen LogP contribution in [0, 0.1) is 18.6 Å². The molecular weight excluding hydrogens is 266 g/mol. The van der Waals surface area contributed by atoms with Crippen LogP contribution >= 0.6 is 0 Å². The molecule has 0 saturated heterocycles. The number of nitrogen functional groups attached to an aromatic ring is 1. The van der Waals surface area contributed by atoms with Crippen LogP contribution in [0.5, 0.6) is 11.5 Å². The highest BCUT2D eigenvalue weighted by Crippen LogP contribution is 2.24. The summed E-state index contributed by atoms with van der Waals surface area (Å²) in [5.41, 5.74) is 6.29. The Morgan fingerprint density at radius 2 is 1.90 bits per heavy atom. The summed E-state index contributed by atoms with van der Waals surface area (Å²) in [5, 5.41) is 0. The Balaban J connectivity index is 2.16. The van der Waals surface area contributed by atoms with Crippen LogP contribution in [-0.2, 0) is 6.61 Å². The Kier molecular flexibility index (Phi) is 4.02. The molecule has 0 aliphatic rings. The molecule has 0 unspecified atom stereocenters. The summed E-state index contributed by atoms with van der Waals surface area (Å²) in [7, 11) is 1.54. The molecule has 1 aromatic carbocycles. The van der Waals surface area contributed by atoms with Gasteiger partial charge < -0.3 is 15.2 Å². The lowest BCUT2D eigenvalue weighted by molar-refractivity contribution is 0.283. The average Bonchev–Trinajstić information content (AvgIpc) is 2.40. The largest absolute Gasteiger partial charge is 0.497 e. The van der Waals surface area contributed by atoms with E-state index in [-0.39, 0.29) is 18.0 Å². The van der Waals surface area contributed by atoms with Crippen molar-refractivity contribution >= 4 is 5.69 Å². The van der Waals surface area contributed by atoms with Crippen molar-refractivity contribution in [1.29, 1.82) is 0 Å². The predicted octanol–water partition coefficient (Wildman–Crippen LogP) is 2.84. The lowest BCUT2D eigenvalue weighted by atomic mass is 10.2. The fraction of sp³-hybridized carbons (Fsp3) is 0.214. The third-order valence-corrected chi connectivity index (χ3v) is 2.64. The maximum Gasteiger partial charge on any atom is 0.167 e. The first-order chi connectivity index (χ1) is 9.49. The number of halogens is 2. The predicted molar refractivity (Wildman–Crippen MR) is 70.6 cm³/mol. The van der Waals surface area contributed by atoms with Crippen molar-refractivity contribution in [2.75, 3.05) is 12.8 Å². The second kappa shape index (κ2) is 5.73. The Labute approximate surface area is 115 Å². The Hall–Kier alpha value is -2.37. The van der Waals surface area contributed by atoms with E-state index in [4.69, 9.17) is 15.2 Å². The molecule has 2 rings (SSSR count). The van der Waals surface area contributed by atoms with Crippen LogP contribution in [0.25, 0.3) is 0 Å².